The van der Waals surface area contributed by atoms with Crippen LogP contribution in [0.3, 0.4) is 0 Å². The molecule has 20 heavy (non-hydrogen) atoms. The molecule has 2 unspecified atom stereocenters. The maximum atomic E-state index is 12.6. The first-order valence-electron chi connectivity index (χ1n) is 6.76. The first-order valence-corrected chi connectivity index (χ1v) is 9.04. The molecule has 6 heteroatoms. The third-order valence-corrected chi connectivity index (χ3v) is 5.98. The third kappa shape index (κ3) is 3.61. The van der Waals surface area contributed by atoms with E-state index < -0.39 is 10.0 Å². The Morgan fingerprint density at radius 1 is 1.40 bits per heavy atom. The van der Waals surface area contributed by atoms with Crippen molar-refractivity contribution in [1.29, 1.82) is 0 Å². The highest BCUT2D eigenvalue weighted by Gasteiger charge is 2.29. The number of piperidine rings is 1. The van der Waals surface area contributed by atoms with E-state index in [2.05, 4.69) is 39.5 Å². The van der Waals surface area contributed by atoms with Gasteiger partial charge in [-0.3, -0.25) is 0 Å². The molecule has 1 aliphatic heterocycles. The highest BCUT2D eigenvalue weighted by Crippen LogP contribution is 2.23. The normalized spacial score (nSPS) is 24.8. The summed E-state index contributed by atoms with van der Waals surface area (Å²) in [5.74, 6) is 0.316. The molecule has 1 fully saturated rings. The summed E-state index contributed by atoms with van der Waals surface area (Å²) in [6.07, 6.45) is 0.851. The molecule has 2 atom stereocenters. The second kappa shape index (κ2) is 6.13. The zero-order valence-corrected chi connectivity index (χ0v) is 14.5. The lowest BCUT2D eigenvalue weighted by molar-refractivity contribution is 0.188. The Morgan fingerprint density at radius 3 is 2.75 bits per heavy atom. The maximum absolute atomic E-state index is 12.6. The van der Waals surface area contributed by atoms with Gasteiger partial charge in [-0.1, -0.05) is 28.9 Å². The zero-order chi connectivity index (χ0) is 14.9. The van der Waals surface area contributed by atoms with Crippen LogP contribution in [-0.4, -0.2) is 39.5 Å². The molecular formula is C14H21BrN2O2S. The van der Waals surface area contributed by atoms with Crippen LogP contribution in [0.1, 0.15) is 18.9 Å². The van der Waals surface area contributed by atoms with Crippen molar-refractivity contribution < 1.29 is 8.42 Å². The van der Waals surface area contributed by atoms with Gasteiger partial charge in [-0.15, -0.1) is 0 Å². The minimum absolute atomic E-state index is 0.00887. The Kier molecular flexibility index (Phi) is 4.89. The van der Waals surface area contributed by atoms with E-state index in [-0.39, 0.29) is 6.04 Å². The highest BCUT2D eigenvalue weighted by atomic mass is 79.9. The summed E-state index contributed by atoms with van der Waals surface area (Å²) in [7, 11) is -1.39. The lowest BCUT2D eigenvalue weighted by atomic mass is 9.95. The summed E-state index contributed by atoms with van der Waals surface area (Å²) >= 11 is 3.33. The van der Waals surface area contributed by atoms with Crippen LogP contribution in [-0.2, 0) is 10.0 Å². The number of nitrogens with zero attached hydrogens (tertiary/aromatic N) is 1. The smallest absolute Gasteiger partial charge is 0.241 e. The SMILES string of the molecule is Cc1ccc(Br)cc1S(=O)(=O)NC1CCN(C)CC1C. The molecule has 0 saturated carbocycles. The van der Waals surface area contributed by atoms with Gasteiger partial charge in [0.2, 0.25) is 10.0 Å². The topological polar surface area (TPSA) is 49.4 Å². The number of hydrogen-bond donors (Lipinski definition) is 1. The van der Waals surface area contributed by atoms with Gasteiger partial charge in [0.1, 0.15) is 0 Å². The Balaban J connectivity index is 2.21. The maximum Gasteiger partial charge on any atom is 0.241 e. The van der Waals surface area contributed by atoms with Crippen LogP contribution >= 0.6 is 15.9 Å². The molecule has 1 aromatic rings. The molecule has 4 nitrogen and oxygen atoms in total. The average molecular weight is 361 g/mol. The molecule has 0 bridgehead atoms. The van der Waals surface area contributed by atoms with Gasteiger partial charge >= 0.3 is 0 Å². The molecule has 0 spiro atoms. The van der Waals surface area contributed by atoms with Crippen LogP contribution in [0.2, 0.25) is 0 Å². The minimum Gasteiger partial charge on any atom is -0.306 e. The molecule has 0 aromatic heterocycles. The summed E-state index contributed by atoms with van der Waals surface area (Å²) in [6, 6.07) is 5.34. The van der Waals surface area contributed by atoms with E-state index in [9.17, 15) is 8.42 Å². The molecule has 1 N–H and O–H groups in total. The molecule has 1 heterocycles. The Morgan fingerprint density at radius 2 is 2.10 bits per heavy atom. The van der Waals surface area contributed by atoms with Crippen molar-refractivity contribution in [2.24, 2.45) is 5.92 Å². The molecule has 1 aliphatic rings. The van der Waals surface area contributed by atoms with Crippen molar-refractivity contribution in [3.8, 4) is 0 Å². The number of likely N-dealkylation sites (tertiary alicyclic amines) is 1. The summed E-state index contributed by atoms with van der Waals surface area (Å²) in [4.78, 5) is 2.60. The predicted molar refractivity (Wildman–Crippen MR) is 84.3 cm³/mol. The Hall–Kier alpha value is -0.430. The van der Waals surface area contributed by atoms with Crippen LogP contribution in [0.15, 0.2) is 27.6 Å². The summed E-state index contributed by atoms with van der Waals surface area (Å²) in [5, 5.41) is 0. The fraction of sp³-hybridized carbons (Fsp3) is 0.571. The van der Waals surface area contributed by atoms with Gasteiger partial charge in [-0.05, 0) is 50.6 Å². The fourth-order valence-electron chi connectivity index (χ4n) is 2.66. The monoisotopic (exact) mass is 360 g/mol. The van der Waals surface area contributed by atoms with Crippen LogP contribution in [0.5, 0.6) is 0 Å². The Labute approximate surface area is 129 Å². The number of aryl methyl sites for hydroxylation is 1. The highest BCUT2D eigenvalue weighted by molar-refractivity contribution is 9.10. The van der Waals surface area contributed by atoms with Gasteiger partial charge in [0, 0.05) is 17.1 Å². The molecule has 0 amide bonds. The van der Waals surface area contributed by atoms with Crippen molar-refractivity contribution >= 4 is 26.0 Å². The van der Waals surface area contributed by atoms with Gasteiger partial charge in [-0.2, -0.15) is 0 Å². The van der Waals surface area contributed by atoms with Crippen LogP contribution in [0.25, 0.3) is 0 Å². The quantitative estimate of drug-likeness (QED) is 0.899. The van der Waals surface area contributed by atoms with Crippen LogP contribution in [0.4, 0.5) is 0 Å². The second-order valence-corrected chi connectivity index (χ2v) is 8.26. The molecule has 0 radical (unpaired) electrons. The first kappa shape index (κ1) is 15.9. The summed E-state index contributed by atoms with van der Waals surface area (Å²) in [5.41, 5.74) is 0.765. The first-order chi connectivity index (χ1) is 9.29. The number of rotatable bonds is 3. The van der Waals surface area contributed by atoms with Gasteiger partial charge < -0.3 is 4.90 Å². The van der Waals surface area contributed by atoms with Crippen molar-refractivity contribution in [2.45, 2.75) is 31.2 Å². The summed E-state index contributed by atoms with van der Waals surface area (Å²) < 4.78 is 28.8. The van der Waals surface area contributed by atoms with Crippen LogP contribution < -0.4 is 4.72 Å². The van der Waals surface area contributed by atoms with Gasteiger partial charge in [0.05, 0.1) is 4.90 Å². The second-order valence-electron chi connectivity index (χ2n) is 5.67. The van der Waals surface area contributed by atoms with Gasteiger partial charge in [-0.25, -0.2) is 13.1 Å². The van der Waals surface area contributed by atoms with E-state index in [1.807, 2.05) is 19.1 Å². The van der Waals surface area contributed by atoms with Crippen LogP contribution in [0, 0.1) is 12.8 Å². The van der Waals surface area contributed by atoms with Crippen molar-refractivity contribution in [2.75, 3.05) is 20.1 Å². The molecule has 0 aliphatic carbocycles. The van der Waals surface area contributed by atoms with E-state index in [1.165, 1.54) is 0 Å². The molecule has 1 saturated heterocycles. The molecular weight excluding hydrogens is 340 g/mol. The van der Waals surface area contributed by atoms with Crippen molar-refractivity contribution in [3.05, 3.63) is 28.2 Å². The van der Waals surface area contributed by atoms with Crippen molar-refractivity contribution in [1.82, 2.24) is 9.62 Å². The number of hydrogen-bond acceptors (Lipinski definition) is 3. The lowest BCUT2D eigenvalue weighted by Crippen LogP contribution is -2.48. The van der Waals surface area contributed by atoms with E-state index in [4.69, 9.17) is 0 Å². The average Bonchev–Trinajstić information content (AvgIpc) is 2.35. The van der Waals surface area contributed by atoms with E-state index in [1.54, 1.807) is 6.07 Å². The van der Waals surface area contributed by atoms with E-state index in [0.717, 1.165) is 29.5 Å². The molecule has 1 aromatic carbocycles. The van der Waals surface area contributed by atoms with Gasteiger partial charge in [0.15, 0.2) is 0 Å². The number of sulfonamides is 1. The standard InChI is InChI=1S/C14H21BrN2O2S/c1-10-4-5-12(15)8-14(10)20(18,19)16-13-6-7-17(3)9-11(13)2/h4-5,8,11,13,16H,6-7,9H2,1-3H3. The Bertz CT molecular complexity index is 589. The van der Waals surface area contributed by atoms with E-state index >= 15 is 0 Å². The zero-order valence-electron chi connectivity index (χ0n) is 12.1. The lowest BCUT2D eigenvalue weighted by Gasteiger charge is -2.35. The van der Waals surface area contributed by atoms with Gasteiger partial charge in [0.25, 0.3) is 0 Å². The summed E-state index contributed by atoms with van der Waals surface area (Å²) in [6.45, 7) is 5.76. The largest absolute Gasteiger partial charge is 0.306 e. The number of benzene rings is 1. The molecule has 2 rings (SSSR count). The van der Waals surface area contributed by atoms with E-state index in [0.29, 0.717) is 10.8 Å². The fourth-order valence-corrected chi connectivity index (χ4v) is 4.82. The predicted octanol–water partition coefficient (Wildman–Crippen LogP) is 2.38. The minimum atomic E-state index is -3.46. The number of halogens is 1. The van der Waals surface area contributed by atoms with Crippen molar-refractivity contribution in [3.63, 3.8) is 0 Å². The third-order valence-electron chi connectivity index (χ3n) is 3.85. The molecule has 112 valence electrons. The number of nitrogens with one attached hydrogen (secondary N) is 1.